The topological polar surface area (TPSA) is 58.6 Å². The molecular formula is C17H21NO3. The van der Waals surface area contributed by atoms with E-state index >= 15 is 0 Å². The molecule has 1 aliphatic rings. The minimum atomic E-state index is -0.151. The van der Waals surface area contributed by atoms with E-state index in [0.717, 1.165) is 42.7 Å². The molecule has 1 unspecified atom stereocenters. The van der Waals surface area contributed by atoms with Gasteiger partial charge in [-0.3, -0.25) is 4.79 Å². The molecule has 2 N–H and O–H groups in total. The van der Waals surface area contributed by atoms with Crippen molar-refractivity contribution >= 4 is 11.6 Å². The van der Waals surface area contributed by atoms with E-state index in [-0.39, 0.29) is 18.6 Å². The highest BCUT2D eigenvalue weighted by Crippen LogP contribution is 2.20. The first kappa shape index (κ1) is 15.6. The summed E-state index contributed by atoms with van der Waals surface area (Å²) < 4.78 is 5.48. The SMILES string of the molecule is CCc1cc(C#CCO)ccc1NC(=O)CC1CCCO1. The number of hydrogen-bond acceptors (Lipinski definition) is 3. The van der Waals surface area contributed by atoms with Crippen LogP contribution in [0.15, 0.2) is 18.2 Å². The molecule has 1 aromatic rings. The average Bonchev–Trinajstić information content (AvgIpc) is 2.98. The lowest BCUT2D eigenvalue weighted by Gasteiger charge is -2.13. The first-order valence-corrected chi connectivity index (χ1v) is 7.37. The number of rotatable bonds is 4. The molecule has 1 atom stereocenters. The van der Waals surface area contributed by atoms with Crippen molar-refractivity contribution in [3.8, 4) is 11.8 Å². The number of aliphatic hydroxyl groups is 1. The van der Waals surface area contributed by atoms with Crippen molar-refractivity contribution in [3.63, 3.8) is 0 Å². The first-order valence-electron chi connectivity index (χ1n) is 7.37. The van der Waals surface area contributed by atoms with Gasteiger partial charge < -0.3 is 15.2 Å². The predicted octanol–water partition coefficient (Wildman–Crippen LogP) is 2.10. The fourth-order valence-electron chi connectivity index (χ4n) is 2.44. The van der Waals surface area contributed by atoms with Crippen LogP contribution >= 0.6 is 0 Å². The van der Waals surface area contributed by atoms with E-state index in [2.05, 4.69) is 17.2 Å². The second-order valence-electron chi connectivity index (χ2n) is 5.07. The molecule has 0 aliphatic carbocycles. The lowest BCUT2D eigenvalue weighted by atomic mass is 10.1. The normalized spacial score (nSPS) is 17.1. The van der Waals surface area contributed by atoms with Gasteiger partial charge in [0, 0.05) is 17.9 Å². The Balaban J connectivity index is 2.02. The van der Waals surface area contributed by atoms with E-state index < -0.39 is 0 Å². The van der Waals surface area contributed by atoms with Crippen molar-refractivity contribution in [2.24, 2.45) is 0 Å². The number of aliphatic hydroxyl groups excluding tert-OH is 1. The van der Waals surface area contributed by atoms with Gasteiger partial charge in [0.1, 0.15) is 6.61 Å². The molecule has 1 aromatic carbocycles. The summed E-state index contributed by atoms with van der Waals surface area (Å²) in [5, 5.41) is 11.7. The van der Waals surface area contributed by atoms with Crippen molar-refractivity contribution in [1.29, 1.82) is 0 Å². The van der Waals surface area contributed by atoms with Crippen molar-refractivity contribution in [2.75, 3.05) is 18.5 Å². The molecule has 0 spiro atoms. The van der Waals surface area contributed by atoms with Crippen LogP contribution in [0.1, 0.15) is 37.3 Å². The van der Waals surface area contributed by atoms with Crippen LogP contribution in [0, 0.1) is 11.8 Å². The van der Waals surface area contributed by atoms with Crippen molar-refractivity contribution in [1.82, 2.24) is 0 Å². The molecule has 1 amide bonds. The second kappa shape index (κ2) is 7.82. The molecule has 1 aliphatic heterocycles. The van der Waals surface area contributed by atoms with Crippen LogP contribution in [0.5, 0.6) is 0 Å². The largest absolute Gasteiger partial charge is 0.384 e. The molecule has 0 aromatic heterocycles. The Morgan fingerprint density at radius 3 is 3.05 bits per heavy atom. The molecule has 0 radical (unpaired) electrons. The monoisotopic (exact) mass is 287 g/mol. The van der Waals surface area contributed by atoms with Gasteiger partial charge in [-0.1, -0.05) is 18.8 Å². The number of hydrogen-bond donors (Lipinski definition) is 2. The van der Waals surface area contributed by atoms with Crippen LogP contribution in [-0.2, 0) is 16.0 Å². The number of carbonyl (C=O) groups excluding carboxylic acids is 1. The maximum Gasteiger partial charge on any atom is 0.226 e. The van der Waals surface area contributed by atoms with Crippen LogP contribution in [0.25, 0.3) is 0 Å². The lowest BCUT2D eigenvalue weighted by molar-refractivity contribution is -0.118. The Bertz CT molecular complexity index is 551. The predicted molar refractivity (Wildman–Crippen MR) is 82.0 cm³/mol. The second-order valence-corrected chi connectivity index (χ2v) is 5.07. The fourth-order valence-corrected chi connectivity index (χ4v) is 2.44. The third-order valence-electron chi connectivity index (χ3n) is 3.51. The van der Waals surface area contributed by atoms with Gasteiger partial charge in [0.05, 0.1) is 12.5 Å². The zero-order chi connectivity index (χ0) is 15.1. The van der Waals surface area contributed by atoms with Gasteiger partial charge in [-0.15, -0.1) is 0 Å². The van der Waals surface area contributed by atoms with Gasteiger partial charge >= 0.3 is 0 Å². The molecule has 1 heterocycles. The quantitative estimate of drug-likeness (QED) is 0.834. The third-order valence-corrected chi connectivity index (χ3v) is 3.51. The number of anilines is 1. The summed E-state index contributed by atoms with van der Waals surface area (Å²) in [5.74, 6) is 5.49. The molecular weight excluding hydrogens is 266 g/mol. The molecule has 112 valence electrons. The summed E-state index contributed by atoms with van der Waals surface area (Å²) in [6.45, 7) is 2.64. The van der Waals surface area contributed by atoms with Crippen LogP contribution in [0.2, 0.25) is 0 Å². The smallest absolute Gasteiger partial charge is 0.226 e. The summed E-state index contributed by atoms with van der Waals surface area (Å²) in [5.41, 5.74) is 2.72. The molecule has 0 bridgehead atoms. The summed E-state index contributed by atoms with van der Waals surface area (Å²) in [6, 6.07) is 5.67. The molecule has 0 saturated carbocycles. The Hall–Kier alpha value is -1.83. The number of aryl methyl sites for hydroxylation is 1. The van der Waals surface area contributed by atoms with E-state index in [4.69, 9.17) is 9.84 Å². The van der Waals surface area contributed by atoms with E-state index in [0.29, 0.717) is 6.42 Å². The third kappa shape index (κ3) is 4.59. The molecule has 4 heteroatoms. The summed E-state index contributed by atoms with van der Waals surface area (Å²) in [7, 11) is 0. The summed E-state index contributed by atoms with van der Waals surface area (Å²) >= 11 is 0. The standard InChI is InChI=1S/C17H21NO3/c1-2-14-11-13(5-3-9-19)7-8-16(14)18-17(20)12-15-6-4-10-21-15/h7-8,11,15,19H,2,4,6,9-10,12H2,1H3,(H,18,20). The number of amides is 1. The van der Waals surface area contributed by atoms with Gasteiger partial charge in [-0.2, -0.15) is 0 Å². The summed E-state index contributed by atoms with van der Waals surface area (Å²) in [6.07, 6.45) is 3.28. The number of ether oxygens (including phenoxy) is 1. The molecule has 1 saturated heterocycles. The Labute approximate surface area is 125 Å². The molecule has 4 nitrogen and oxygen atoms in total. The average molecular weight is 287 g/mol. The molecule has 1 fully saturated rings. The van der Waals surface area contributed by atoms with Gasteiger partial charge in [-0.25, -0.2) is 0 Å². The minimum absolute atomic E-state index is 0.00853. The van der Waals surface area contributed by atoms with Crippen LogP contribution in [-0.4, -0.2) is 30.3 Å². The van der Waals surface area contributed by atoms with Crippen molar-refractivity contribution < 1.29 is 14.6 Å². The fraction of sp³-hybridized carbons (Fsp3) is 0.471. The first-order chi connectivity index (χ1) is 10.2. The Kier molecular flexibility index (Phi) is 5.79. The van der Waals surface area contributed by atoms with Crippen LogP contribution in [0.4, 0.5) is 5.69 Å². The highest BCUT2D eigenvalue weighted by Gasteiger charge is 2.19. The Morgan fingerprint density at radius 1 is 1.52 bits per heavy atom. The lowest BCUT2D eigenvalue weighted by Crippen LogP contribution is -2.19. The zero-order valence-electron chi connectivity index (χ0n) is 12.3. The Morgan fingerprint density at radius 2 is 2.38 bits per heavy atom. The molecule has 21 heavy (non-hydrogen) atoms. The number of nitrogens with one attached hydrogen (secondary N) is 1. The van der Waals surface area contributed by atoms with Gasteiger partial charge in [0.2, 0.25) is 5.91 Å². The highest BCUT2D eigenvalue weighted by atomic mass is 16.5. The van der Waals surface area contributed by atoms with E-state index in [1.165, 1.54) is 0 Å². The van der Waals surface area contributed by atoms with Crippen molar-refractivity contribution in [3.05, 3.63) is 29.3 Å². The zero-order valence-corrected chi connectivity index (χ0v) is 12.3. The van der Waals surface area contributed by atoms with E-state index in [1.54, 1.807) is 0 Å². The van der Waals surface area contributed by atoms with E-state index in [1.807, 2.05) is 25.1 Å². The summed E-state index contributed by atoms with van der Waals surface area (Å²) in [4.78, 5) is 12.0. The van der Waals surface area contributed by atoms with Gasteiger partial charge in [0.15, 0.2) is 0 Å². The van der Waals surface area contributed by atoms with Gasteiger partial charge in [0.25, 0.3) is 0 Å². The molecule has 2 rings (SSSR count). The van der Waals surface area contributed by atoms with E-state index in [9.17, 15) is 4.79 Å². The van der Waals surface area contributed by atoms with Crippen molar-refractivity contribution in [2.45, 2.75) is 38.7 Å². The minimum Gasteiger partial charge on any atom is -0.384 e. The highest BCUT2D eigenvalue weighted by molar-refractivity contribution is 5.92. The number of carbonyl (C=O) groups is 1. The maximum atomic E-state index is 12.0. The van der Waals surface area contributed by atoms with Gasteiger partial charge in [-0.05, 0) is 43.0 Å². The van der Waals surface area contributed by atoms with Crippen LogP contribution in [0.3, 0.4) is 0 Å². The maximum absolute atomic E-state index is 12.0. The van der Waals surface area contributed by atoms with Crippen LogP contribution < -0.4 is 5.32 Å². The number of benzene rings is 1.